The van der Waals surface area contributed by atoms with Gasteiger partial charge in [0.05, 0.1) is 17.4 Å². The van der Waals surface area contributed by atoms with Gasteiger partial charge in [0, 0.05) is 28.9 Å². The van der Waals surface area contributed by atoms with Gasteiger partial charge in [-0.25, -0.2) is 0 Å². The summed E-state index contributed by atoms with van der Waals surface area (Å²) >= 11 is 3.39. The van der Waals surface area contributed by atoms with E-state index in [4.69, 9.17) is 0 Å². The minimum Gasteiger partial charge on any atom is -0.367 e. The predicted octanol–water partition coefficient (Wildman–Crippen LogP) is 4.87. The largest absolute Gasteiger partial charge is 0.367 e. The van der Waals surface area contributed by atoms with Crippen LogP contribution in [-0.4, -0.2) is 23.5 Å². The van der Waals surface area contributed by atoms with Crippen LogP contribution in [0, 0.1) is 0 Å². The van der Waals surface area contributed by atoms with Gasteiger partial charge in [-0.15, -0.1) is 0 Å². The summed E-state index contributed by atoms with van der Waals surface area (Å²) in [5.74, 6) is -0.128. The zero-order chi connectivity index (χ0) is 16.9. The molecule has 0 spiro atoms. The number of carbonyl (C=O) groups excluding carboxylic acids is 1. The second kappa shape index (κ2) is 7.79. The smallest absolute Gasteiger partial charge is 0.257 e. The number of nitrogens with zero attached hydrogens (tertiary/aromatic N) is 2. The third-order valence-electron chi connectivity index (χ3n) is 4.52. The van der Waals surface area contributed by atoms with E-state index in [0.29, 0.717) is 11.6 Å². The van der Waals surface area contributed by atoms with Crippen LogP contribution >= 0.6 is 15.9 Å². The Morgan fingerprint density at radius 1 is 1.29 bits per heavy atom. The maximum Gasteiger partial charge on any atom is 0.257 e. The van der Waals surface area contributed by atoms with Crippen molar-refractivity contribution >= 4 is 33.2 Å². The Kier molecular flexibility index (Phi) is 5.51. The molecule has 1 fully saturated rings. The second-order valence-electron chi connectivity index (χ2n) is 6.14. The number of amides is 1. The average Bonchev–Trinajstić information content (AvgIpc) is 2.63. The fraction of sp³-hybridized carbons (Fsp3) is 0.368. The Hall–Kier alpha value is -1.88. The molecule has 1 aliphatic heterocycles. The van der Waals surface area contributed by atoms with Crippen molar-refractivity contribution < 1.29 is 4.79 Å². The number of carbonyl (C=O) groups is 1. The van der Waals surface area contributed by atoms with Gasteiger partial charge in [0.25, 0.3) is 5.91 Å². The molecule has 1 aliphatic rings. The molecular weight excluding hydrogens is 366 g/mol. The van der Waals surface area contributed by atoms with E-state index in [1.165, 1.54) is 19.3 Å². The van der Waals surface area contributed by atoms with E-state index >= 15 is 0 Å². The molecule has 1 saturated heterocycles. The zero-order valence-corrected chi connectivity index (χ0v) is 15.4. The van der Waals surface area contributed by atoms with Gasteiger partial charge in [0.15, 0.2) is 0 Å². The third kappa shape index (κ3) is 3.96. The van der Waals surface area contributed by atoms with E-state index in [9.17, 15) is 4.79 Å². The molecule has 5 heteroatoms. The van der Waals surface area contributed by atoms with Gasteiger partial charge in [-0.3, -0.25) is 9.78 Å². The molecule has 1 aromatic heterocycles. The Labute approximate surface area is 151 Å². The molecule has 2 aromatic rings. The molecule has 0 aliphatic carbocycles. The van der Waals surface area contributed by atoms with Crippen molar-refractivity contribution in [3.63, 3.8) is 0 Å². The van der Waals surface area contributed by atoms with Crippen molar-refractivity contribution in [2.24, 2.45) is 0 Å². The molecule has 3 rings (SSSR count). The number of piperidine rings is 1. The minimum atomic E-state index is -0.128. The highest BCUT2D eigenvalue weighted by Gasteiger charge is 2.22. The highest BCUT2D eigenvalue weighted by Crippen LogP contribution is 2.26. The standard InChI is InChI=1S/C19H22BrN3O/c1-2-17-5-3-4-10-23(17)18-11-14(12-21-13-18)19(24)22-16-8-6-15(20)7-9-16/h6-9,11-13,17H,2-5,10H2,1H3,(H,22,24). The third-order valence-corrected chi connectivity index (χ3v) is 5.05. The molecule has 0 bridgehead atoms. The summed E-state index contributed by atoms with van der Waals surface area (Å²) in [6.45, 7) is 3.26. The summed E-state index contributed by atoms with van der Waals surface area (Å²) in [6.07, 6.45) is 8.31. The predicted molar refractivity (Wildman–Crippen MR) is 102 cm³/mol. The van der Waals surface area contributed by atoms with Crippen LogP contribution in [-0.2, 0) is 0 Å². The van der Waals surface area contributed by atoms with Crippen molar-refractivity contribution in [2.45, 2.75) is 38.6 Å². The first-order valence-electron chi connectivity index (χ1n) is 8.46. The molecule has 1 atom stereocenters. The molecule has 126 valence electrons. The quantitative estimate of drug-likeness (QED) is 0.813. The number of rotatable bonds is 4. The first-order chi connectivity index (χ1) is 11.7. The number of halogens is 1. The highest BCUT2D eigenvalue weighted by molar-refractivity contribution is 9.10. The maximum absolute atomic E-state index is 12.5. The van der Waals surface area contributed by atoms with Gasteiger partial charge < -0.3 is 10.2 Å². The van der Waals surface area contributed by atoms with Crippen molar-refractivity contribution in [2.75, 3.05) is 16.8 Å². The maximum atomic E-state index is 12.5. The van der Waals surface area contributed by atoms with Gasteiger partial charge in [-0.2, -0.15) is 0 Å². The molecule has 1 N–H and O–H groups in total. The lowest BCUT2D eigenvalue weighted by atomic mass is 9.99. The van der Waals surface area contributed by atoms with Gasteiger partial charge in [0.2, 0.25) is 0 Å². The lowest BCUT2D eigenvalue weighted by Crippen LogP contribution is -2.39. The van der Waals surface area contributed by atoms with Crippen molar-refractivity contribution in [1.82, 2.24) is 4.98 Å². The van der Waals surface area contributed by atoms with Crippen LogP contribution < -0.4 is 10.2 Å². The van der Waals surface area contributed by atoms with Crippen LogP contribution in [0.5, 0.6) is 0 Å². The van der Waals surface area contributed by atoms with E-state index in [-0.39, 0.29) is 5.91 Å². The number of anilines is 2. The molecule has 0 saturated carbocycles. The van der Waals surface area contributed by atoms with E-state index in [1.807, 2.05) is 36.5 Å². The first kappa shape index (κ1) is 17.0. The molecule has 2 heterocycles. The Morgan fingerprint density at radius 2 is 2.08 bits per heavy atom. The summed E-state index contributed by atoms with van der Waals surface area (Å²) in [6, 6.07) is 10.1. The topological polar surface area (TPSA) is 45.2 Å². The van der Waals surface area contributed by atoms with Gasteiger partial charge in [-0.1, -0.05) is 22.9 Å². The summed E-state index contributed by atoms with van der Waals surface area (Å²) in [4.78, 5) is 19.2. The summed E-state index contributed by atoms with van der Waals surface area (Å²) in [5, 5.41) is 2.92. The van der Waals surface area contributed by atoms with Gasteiger partial charge in [-0.05, 0) is 56.0 Å². The molecule has 1 aromatic carbocycles. The van der Waals surface area contributed by atoms with Crippen LogP contribution in [0.3, 0.4) is 0 Å². The lowest BCUT2D eigenvalue weighted by Gasteiger charge is -2.37. The van der Waals surface area contributed by atoms with Crippen molar-refractivity contribution in [3.8, 4) is 0 Å². The Morgan fingerprint density at radius 3 is 2.83 bits per heavy atom. The van der Waals surface area contributed by atoms with Gasteiger partial charge in [0.1, 0.15) is 0 Å². The number of aromatic nitrogens is 1. The minimum absolute atomic E-state index is 0.128. The van der Waals surface area contributed by atoms with Crippen LogP contribution in [0.4, 0.5) is 11.4 Å². The average molecular weight is 388 g/mol. The van der Waals surface area contributed by atoms with Gasteiger partial charge >= 0.3 is 0 Å². The number of hydrogen-bond donors (Lipinski definition) is 1. The molecule has 1 unspecified atom stereocenters. The van der Waals surface area contributed by atoms with E-state index < -0.39 is 0 Å². The number of pyridine rings is 1. The van der Waals surface area contributed by atoms with Crippen LogP contribution in [0.15, 0.2) is 47.2 Å². The molecule has 1 amide bonds. The Bertz CT molecular complexity index is 702. The fourth-order valence-electron chi connectivity index (χ4n) is 3.21. The van der Waals surface area contributed by atoms with E-state index in [1.54, 1.807) is 6.20 Å². The van der Waals surface area contributed by atoms with Crippen LogP contribution in [0.2, 0.25) is 0 Å². The zero-order valence-electron chi connectivity index (χ0n) is 13.8. The second-order valence-corrected chi connectivity index (χ2v) is 7.06. The summed E-state index contributed by atoms with van der Waals surface area (Å²) < 4.78 is 0.986. The van der Waals surface area contributed by atoms with E-state index in [2.05, 4.69) is 38.1 Å². The van der Waals surface area contributed by atoms with Crippen LogP contribution in [0.1, 0.15) is 43.0 Å². The molecule has 24 heavy (non-hydrogen) atoms. The fourth-order valence-corrected chi connectivity index (χ4v) is 3.47. The van der Waals surface area contributed by atoms with E-state index in [0.717, 1.165) is 28.8 Å². The normalized spacial score (nSPS) is 17.6. The van der Waals surface area contributed by atoms with Crippen molar-refractivity contribution in [3.05, 3.63) is 52.8 Å². The number of nitrogens with one attached hydrogen (secondary N) is 1. The monoisotopic (exact) mass is 387 g/mol. The highest BCUT2D eigenvalue weighted by atomic mass is 79.9. The number of benzene rings is 1. The molecule has 4 nitrogen and oxygen atoms in total. The molecular formula is C19H22BrN3O. The lowest BCUT2D eigenvalue weighted by molar-refractivity contribution is 0.102. The SMILES string of the molecule is CCC1CCCCN1c1cncc(C(=O)Nc2ccc(Br)cc2)c1. The molecule has 0 radical (unpaired) electrons. The summed E-state index contributed by atoms with van der Waals surface area (Å²) in [5.41, 5.74) is 2.42. The summed E-state index contributed by atoms with van der Waals surface area (Å²) in [7, 11) is 0. The first-order valence-corrected chi connectivity index (χ1v) is 9.25. The Balaban J connectivity index is 1.76. The van der Waals surface area contributed by atoms with Crippen molar-refractivity contribution in [1.29, 1.82) is 0 Å². The van der Waals surface area contributed by atoms with Crippen LogP contribution in [0.25, 0.3) is 0 Å². The number of hydrogen-bond acceptors (Lipinski definition) is 3.